The van der Waals surface area contributed by atoms with E-state index < -0.39 is 9.84 Å². The molecule has 0 bridgehead atoms. The van der Waals surface area contributed by atoms with Crippen molar-refractivity contribution in [2.75, 3.05) is 13.1 Å². The lowest BCUT2D eigenvalue weighted by Crippen LogP contribution is -2.23. The molecular weight excluding hydrogens is 412 g/mol. The van der Waals surface area contributed by atoms with Gasteiger partial charge in [-0.2, -0.15) is 0 Å². The molecule has 7 heteroatoms. The molecule has 1 N–H and O–H groups in total. The number of rotatable bonds is 10. The van der Waals surface area contributed by atoms with Crippen molar-refractivity contribution in [1.29, 1.82) is 0 Å². The number of nitrogens with one attached hydrogen (secondary N) is 1. The monoisotopic (exact) mass is 440 g/mol. The summed E-state index contributed by atoms with van der Waals surface area (Å²) in [6.45, 7) is 7.57. The first-order valence-electron chi connectivity index (χ1n) is 10.4. The second-order valence-corrected chi connectivity index (χ2v) is 9.29. The highest BCUT2D eigenvalue weighted by Gasteiger charge is 2.19. The smallest absolute Gasteiger partial charge is 0.287 e. The summed E-state index contributed by atoms with van der Waals surface area (Å²) in [5, 5.41) is 2.81. The van der Waals surface area contributed by atoms with E-state index in [2.05, 4.69) is 36.2 Å². The van der Waals surface area contributed by atoms with Gasteiger partial charge in [-0.25, -0.2) is 8.42 Å². The van der Waals surface area contributed by atoms with Gasteiger partial charge in [-0.3, -0.25) is 9.69 Å². The van der Waals surface area contributed by atoms with Gasteiger partial charge in [-0.05, 0) is 48.5 Å². The third-order valence-electron chi connectivity index (χ3n) is 5.10. The van der Waals surface area contributed by atoms with Crippen LogP contribution in [-0.4, -0.2) is 32.3 Å². The van der Waals surface area contributed by atoms with Crippen molar-refractivity contribution in [3.05, 3.63) is 89.4 Å². The summed E-state index contributed by atoms with van der Waals surface area (Å²) in [7, 11) is -3.53. The highest BCUT2D eigenvalue weighted by Crippen LogP contribution is 2.18. The predicted octanol–water partition coefficient (Wildman–Crippen LogP) is 4.03. The number of furan rings is 1. The number of amides is 1. The third-order valence-corrected chi connectivity index (χ3v) is 6.75. The lowest BCUT2D eigenvalue weighted by Gasteiger charge is -2.18. The third kappa shape index (κ3) is 6.29. The van der Waals surface area contributed by atoms with Crippen LogP contribution in [0.4, 0.5) is 0 Å². The van der Waals surface area contributed by atoms with Crippen molar-refractivity contribution in [2.24, 2.45) is 0 Å². The van der Waals surface area contributed by atoms with E-state index in [1.807, 2.05) is 12.1 Å². The molecule has 0 saturated heterocycles. The Morgan fingerprint density at radius 3 is 2.19 bits per heavy atom. The predicted molar refractivity (Wildman–Crippen MR) is 120 cm³/mol. The Kier molecular flexibility index (Phi) is 7.65. The zero-order valence-electron chi connectivity index (χ0n) is 17.9. The average Bonchev–Trinajstić information content (AvgIpc) is 3.25. The van der Waals surface area contributed by atoms with Crippen LogP contribution in [0.3, 0.4) is 0 Å². The van der Waals surface area contributed by atoms with Crippen molar-refractivity contribution in [3.63, 3.8) is 0 Å². The Morgan fingerprint density at radius 2 is 1.55 bits per heavy atom. The molecule has 3 rings (SSSR count). The Labute approximate surface area is 183 Å². The molecule has 0 spiro atoms. The molecule has 164 valence electrons. The van der Waals surface area contributed by atoms with Crippen molar-refractivity contribution < 1.29 is 17.6 Å². The number of benzene rings is 2. The van der Waals surface area contributed by atoms with E-state index in [4.69, 9.17) is 4.42 Å². The second-order valence-electron chi connectivity index (χ2n) is 7.30. The fraction of sp³-hybridized carbons (Fsp3) is 0.292. The van der Waals surface area contributed by atoms with E-state index in [-0.39, 0.29) is 28.1 Å². The van der Waals surface area contributed by atoms with E-state index in [0.29, 0.717) is 6.54 Å². The summed E-state index contributed by atoms with van der Waals surface area (Å²) in [5.74, 6) is -0.347. The van der Waals surface area contributed by atoms with Gasteiger partial charge in [0.2, 0.25) is 0 Å². The Morgan fingerprint density at radius 1 is 0.903 bits per heavy atom. The lowest BCUT2D eigenvalue weighted by molar-refractivity contribution is 0.0921. The maximum absolute atomic E-state index is 12.5. The van der Waals surface area contributed by atoms with Gasteiger partial charge >= 0.3 is 0 Å². The van der Waals surface area contributed by atoms with E-state index >= 15 is 0 Å². The molecular formula is C24H28N2O4S. The largest absolute Gasteiger partial charge is 0.455 e. The summed E-state index contributed by atoms with van der Waals surface area (Å²) in [6, 6.07) is 19.3. The molecule has 0 fully saturated rings. The zero-order valence-corrected chi connectivity index (χ0v) is 18.7. The zero-order chi connectivity index (χ0) is 22.3. The van der Waals surface area contributed by atoms with Crippen molar-refractivity contribution in [2.45, 2.75) is 37.6 Å². The van der Waals surface area contributed by atoms with Gasteiger partial charge in [-0.1, -0.05) is 56.3 Å². The molecule has 6 nitrogen and oxygen atoms in total. The maximum Gasteiger partial charge on any atom is 0.287 e. The lowest BCUT2D eigenvalue weighted by atomic mass is 10.1. The first-order valence-corrected chi connectivity index (χ1v) is 12.0. The molecule has 0 unspecified atom stereocenters. The fourth-order valence-corrected chi connectivity index (χ4v) is 4.48. The van der Waals surface area contributed by atoms with Gasteiger partial charge in [0.15, 0.2) is 15.6 Å². The van der Waals surface area contributed by atoms with Crippen LogP contribution in [0, 0.1) is 0 Å². The SMILES string of the molecule is CCN(CC)Cc1ccc(CNC(=O)c2ccc(CS(=O)(=O)c3ccccc3)o2)cc1. The highest BCUT2D eigenvalue weighted by molar-refractivity contribution is 7.90. The van der Waals surface area contributed by atoms with Crippen LogP contribution in [0.25, 0.3) is 0 Å². The van der Waals surface area contributed by atoms with Crippen molar-refractivity contribution in [1.82, 2.24) is 10.2 Å². The molecule has 31 heavy (non-hydrogen) atoms. The minimum absolute atomic E-state index is 0.0939. The van der Waals surface area contributed by atoms with Crippen molar-refractivity contribution >= 4 is 15.7 Å². The number of carbonyl (C=O) groups is 1. The fourth-order valence-electron chi connectivity index (χ4n) is 3.21. The van der Waals surface area contributed by atoms with Crippen LogP contribution < -0.4 is 5.32 Å². The van der Waals surface area contributed by atoms with Gasteiger partial charge in [0, 0.05) is 13.1 Å². The number of nitrogens with zero attached hydrogens (tertiary/aromatic N) is 1. The number of hydrogen-bond donors (Lipinski definition) is 1. The summed E-state index contributed by atoms with van der Waals surface area (Å²) >= 11 is 0. The van der Waals surface area contributed by atoms with Gasteiger partial charge in [0.1, 0.15) is 11.5 Å². The van der Waals surface area contributed by atoms with Crippen LogP contribution in [0.15, 0.2) is 76.0 Å². The number of sulfone groups is 1. The van der Waals surface area contributed by atoms with Gasteiger partial charge in [0.25, 0.3) is 5.91 Å². The summed E-state index contributed by atoms with van der Waals surface area (Å²) in [6.07, 6.45) is 0. The second kappa shape index (κ2) is 10.4. The standard InChI is InChI=1S/C24H28N2O4S/c1-3-26(4-2)17-20-12-10-19(11-13-20)16-25-24(27)23-15-14-21(30-23)18-31(28,29)22-8-6-5-7-9-22/h5-15H,3-4,16-18H2,1-2H3,(H,25,27). The van der Waals surface area contributed by atoms with Gasteiger partial charge in [0.05, 0.1) is 4.90 Å². The minimum Gasteiger partial charge on any atom is -0.455 e. The van der Waals surface area contributed by atoms with E-state index in [0.717, 1.165) is 25.2 Å². The quantitative estimate of drug-likeness (QED) is 0.515. The molecule has 1 amide bonds. The molecule has 2 aromatic carbocycles. The Bertz CT molecular complexity index is 1090. The maximum atomic E-state index is 12.5. The van der Waals surface area contributed by atoms with E-state index in [1.165, 1.54) is 17.7 Å². The van der Waals surface area contributed by atoms with Crippen LogP contribution >= 0.6 is 0 Å². The number of carbonyl (C=O) groups excluding carboxylic acids is 1. The first-order chi connectivity index (χ1) is 14.9. The van der Waals surface area contributed by atoms with Crippen LogP contribution in [0.5, 0.6) is 0 Å². The molecule has 0 atom stereocenters. The van der Waals surface area contributed by atoms with Crippen LogP contribution in [0.1, 0.15) is 41.3 Å². The first kappa shape index (κ1) is 22.8. The highest BCUT2D eigenvalue weighted by atomic mass is 32.2. The molecule has 0 radical (unpaired) electrons. The van der Waals surface area contributed by atoms with Crippen molar-refractivity contribution in [3.8, 4) is 0 Å². The number of hydrogen-bond acceptors (Lipinski definition) is 5. The van der Waals surface area contributed by atoms with E-state index in [9.17, 15) is 13.2 Å². The van der Waals surface area contributed by atoms with E-state index in [1.54, 1.807) is 30.3 Å². The Balaban J connectivity index is 1.55. The summed E-state index contributed by atoms with van der Waals surface area (Å²) in [4.78, 5) is 15.0. The Hall–Kier alpha value is -2.90. The normalized spacial score (nSPS) is 11.6. The minimum atomic E-state index is -3.53. The molecule has 0 aliphatic rings. The van der Waals surface area contributed by atoms with Gasteiger partial charge in [-0.15, -0.1) is 0 Å². The summed E-state index contributed by atoms with van der Waals surface area (Å²) in [5.41, 5.74) is 2.21. The van der Waals surface area contributed by atoms with Gasteiger partial charge < -0.3 is 9.73 Å². The summed E-state index contributed by atoms with van der Waals surface area (Å²) < 4.78 is 30.4. The molecule has 0 saturated carbocycles. The molecule has 1 aromatic heterocycles. The molecule has 0 aliphatic carbocycles. The average molecular weight is 441 g/mol. The van der Waals surface area contributed by atoms with Crippen LogP contribution in [0.2, 0.25) is 0 Å². The topological polar surface area (TPSA) is 79.6 Å². The molecule has 1 heterocycles. The molecule has 0 aliphatic heterocycles. The van der Waals surface area contributed by atoms with Crippen LogP contribution in [-0.2, 0) is 28.7 Å². The molecule has 3 aromatic rings.